The highest BCUT2D eigenvalue weighted by Crippen LogP contribution is 2.00. The third-order valence-electron chi connectivity index (χ3n) is 2.00. The van der Waals surface area contributed by atoms with E-state index in [-0.39, 0.29) is 17.3 Å². The molecule has 0 unspecified atom stereocenters. The van der Waals surface area contributed by atoms with Gasteiger partial charge in [0.05, 0.1) is 6.54 Å². The zero-order valence-electron chi connectivity index (χ0n) is 8.55. The Morgan fingerprint density at radius 2 is 2.38 bits per heavy atom. The second kappa shape index (κ2) is 4.44. The minimum atomic E-state index is -0.369. The van der Waals surface area contributed by atoms with Crippen molar-refractivity contribution in [3.8, 4) is 0 Å². The van der Waals surface area contributed by atoms with Crippen LogP contribution in [0.4, 0.5) is 0 Å². The lowest BCUT2D eigenvalue weighted by Gasteiger charge is -2.00. The quantitative estimate of drug-likeness (QED) is 0.797. The summed E-state index contributed by atoms with van der Waals surface area (Å²) in [4.78, 5) is 19.3. The number of aromatic nitrogens is 4. The number of nitrogens with zero attached hydrogens (tertiary/aromatic N) is 4. The van der Waals surface area contributed by atoms with Crippen LogP contribution in [0.25, 0.3) is 0 Å². The van der Waals surface area contributed by atoms with Gasteiger partial charge in [-0.3, -0.25) is 4.79 Å². The van der Waals surface area contributed by atoms with Gasteiger partial charge in [0.2, 0.25) is 5.89 Å². The lowest BCUT2D eigenvalue weighted by molar-refractivity contribution is 0.375. The van der Waals surface area contributed by atoms with Crippen LogP contribution in [0.3, 0.4) is 0 Å². The summed E-state index contributed by atoms with van der Waals surface area (Å²) in [7, 11) is 0. The first-order valence-corrected chi connectivity index (χ1v) is 5.11. The second-order valence-corrected chi connectivity index (χ2v) is 3.47. The molecule has 2 aromatic heterocycles. The molecule has 0 aliphatic rings. The molecule has 84 valence electrons. The Labute approximate surface area is 95.9 Å². The molecule has 0 aromatic carbocycles. The van der Waals surface area contributed by atoms with Gasteiger partial charge < -0.3 is 9.09 Å². The van der Waals surface area contributed by atoms with Crippen LogP contribution in [-0.4, -0.2) is 19.7 Å². The first kappa shape index (κ1) is 10.8. The molecular formula is C9H9ClN4O2. The SMILES string of the molecule is CCc1nc(Cn2ccnc(Cl)c2=O)no1. The molecule has 2 rings (SSSR count). The fraction of sp³-hybridized carbons (Fsp3) is 0.333. The maximum atomic E-state index is 11.5. The van der Waals surface area contributed by atoms with Crippen molar-refractivity contribution in [1.29, 1.82) is 0 Å². The van der Waals surface area contributed by atoms with Gasteiger partial charge in [-0.25, -0.2) is 4.98 Å². The van der Waals surface area contributed by atoms with E-state index in [1.165, 1.54) is 17.0 Å². The first-order valence-electron chi connectivity index (χ1n) is 4.73. The summed E-state index contributed by atoms with van der Waals surface area (Å²) in [6.45, 7) is 2.14. The average molecular weight is 241 g/mol. The summed E-state index contributed by atoms with van der Waals surface area (Å²) < 4.78 is 6.31. The van der Waals surface area contributed by atoms with E-state index in [0.717, 1.165) is 0 Å². The number of rotatable bonds is 3. The lowest BCUT2D eigenvalue weighted by atomic mass is 10.5. The van der Waals surface area contributed by atoms with E-state index in [1.807, 2.05) is 6.92 Å². The number of halogens is 1. The minimum absolute atomic E-state index is 0.0679. The molecule has 0 saturated carbocycles. The molecule has 16 heavy (non-hydrogen) atoms. The zero-order chi connectivity index (χ0) is 11.5. The van der Waals surface area contributed by atoms with Crippen molar-refractivity contribution in [2.45, 2.75) is 19.9 Å². The smallest absolute Gasteiger partial charge is 0.288 e. The van der Waals surface area contributed by atoms with E-state index in [2.05, 4.69) is 15.1 Å². The molecule has 0 N–H and O–H groups in total. The highest BCUT2D eigenvalue weighted by atomic mass is 35.5. The molecule has 0 atom stereocenters. The van der Waals surface area contributed by atoms with Crippen LogP contribution in [-0.2, 0) is 13.0 Å². The molecule has 0 aliphatic carbocycles. The van der Waals surface area contributed by atoms with E-state index < -0.39 is 0 Å². The molecule has 2 heterocycles. The van der Waals surface area contributed by atoms with Crippen LogP contribution in [0.15, 0.2) is 21.7 Å². The van der Waals surface area contributed by atoms with E-state index >= 15 is 0 Å². The molecule has 7 heteroatoms. The summed E-state index contributed by atoms with van der Waals surface area (Å²) in [5, 5.41) is 3.68. The van der Waals surface area contributed by atoms with Gasteiger partial charge in [0.25, 0.3) is 5.56 Å². The van der Waals surface area contributed by atoms with Gasteiger partial charge in [-0.2, -0.15) is 4.98 Å². The van der Waals surface area contributed by atoms with Crippen molar-refractivity contribution in [3.05, 3.63) is 39.6 Å². The molecule has 6 nitrogen and oxygen atoms in total. The molecule has 0 bridgehead atoms. The predicted octanol–water partition coefficient (Wildman–Crippen LogP) is 0.890. The van der Waals surface area contributed by atoms with Gasteiger partial charge in [-0.15, -0.1) is 0 Å². The Kier molecular flexibility index (Phi) is 3.00. The number of aryl methyl sites for hydroxylation is 1. The van der Waals surface area contributed by atoms with Crippen LogP contribution in [0.5, 0.6) is 0 Å². The summed E-state index contributed by atoms with van der Waals surface area (Å²) in [6.07, 6.45) is 3.64. The van der Waals surface area contributed by atoms with Crippen LogP contribution >= 0.6 is 11.6 Å². The van der Waals surface area contributed by atoms with Gasteiger partial charge in [-0.05, 0) is 0 Å². The van der Waals surface area contributed by atoms with E-state index in [9.17, 15) is 4.79 Å². The van der Waals surface area contributed by atoms with Gasteiger partial charge in [0.15, 0.2) is 11.0 Å². The zero-order valence-corrected chi connectivity index (χ0v) is 9.31. The van der Waals surface area contributed by atoms with E-state index in [0.29, 0.717) is 18.1 Å². The monoisotopic (exact) mass is 240 g/mol. The Morgan fingerprint density at radius 1 is 1.56 bits per heavy atom. The number of hydrogen-bond donors (Lipinski definition) is 0. The summed E-state index contributed by atoms with van der Waals surface area (Å²) in [6, 6.07) is 0. The molecule has 0 radical (unpaired) electrons. The van der Waals surface area contributed by atoms with Crippen molar-refractivity contribution < 1.29 is 4.52 Å². The first-order chi connectivity index (χ1) is 7.70. The minimum Gasteiger partial charge on any atom is -0.339 e. The average Bonchev–Trinajstić information content (AvgIpc) is 2.73. The van der Waals surface area contributed by atoms with Gasteiger partial charge in [0, 0.05) is 18.8 Å². The van der Waals surface area contributed by atoms with Crippen LogP contribution in [0.1, 0.15) is 18.6 Å². The second-order valence-electron chi connectivity index (χ2n) is 3.11. The van der Waals surface area contributed by atoms with Crippen molar-refractivity contribution in [2.75, 3.05) is 0 Å². The van der Waals surface area contributed by atoms with Crippen LogP contribution < -0.4 is 5.56 Å². The molecule has 0 amide bonds. The lowest BCUT2D eigenvalue weighted by Crippen LogP contribution is -2.21. The summed E-state index contributed by atoms with van der Waals surface area (Å²) in [5.74, 6) is 0.990. The Bertz CT molecular complexity index is 548. The number of hydrogen-bond acceptors (Lipinski definition) is 5. The maximum Gasteiger partial charge on any atom is 0.288 e. The van der Waals surface area contributed by atoms with Gasteiger partial charge in [0.1, 0.15) is 0 Å². The topological polar surface area (TPSA) is 73.8 Å². The normalized spacial score (nSPS) is 10.6. The van der Waals surface area contributed by atoms with Crippen LogP contribution in [0, 0.1) is 0 Å². The standard InChI is InChI=1S/C9H9ClN4O2/c1-2-7-12-6(13-16-7)5-14-4-3-11-8(10)9(14)15/h3-4H,2,5H2,1H3. The van der Waals surface area contributed by atoms with Gasteiger partial charge >= 0.3 is 0 Å². The molecule has 0 spiro atoms. The Hall–Kier alpha value is -1.69. The highest BCUT2D eigenvalue weighted by molar-refractivity contribution is 6.29. The van der Waals surface area contributed by atoms with Crippen molar-refractivity contribution >= 4 is 11.6 Å². The maximum absolute atomic E-state index is 11.5. The van der Waals surface area contributed by atoms with E-state index in [4.69, 9.17) is 16.1 Å². The van der Waals surface area contributed by atoms with Crippen LogP contribution in [0.2, 0.25) is 5.15 Å². The Balaban J connectivity index is 2.27. The van der Waals surface area contributed by atoms with Crippen molar-refractivity contribution in [3.63, 3.8) is 0 Å². The largest absolute Gasteiger partial charge is 0.339 e. The summed E-state index contributed by atoms with van der Waals surface area (Å²) >= 11 is 5.60. The Morgan fingerprint density at radius 3 is 3.06 bits per heavy atom. The van der Waals surface area contributed by atoms with Crippen molar-refractivity contribution in [1.82, 2.24) is 19.7 Å². The third kappa shape index (κ3) is 2.11. The predicted molar refractivity (Wildman–Crippen MR) is 56.3 cm³/mol. The highest BCUT2D eigenvalue weighted by Gasteiger charge is 2.07. The van der Waals surface area contributed by atoms with Gasteiger partial charge in [-0.1, -0.05) is 23.7 Å². The molecule has 0 fully saturated rings. The fourth-order valence-corrected chi connectivity index (χ4v) is 1.36. The fourth-order valence-electron chi connectivity index (χ4n) is 1.20. The molecular weight excluding hydrogens is 232 g/mol. The third-order valence-corrected chi connectivity index (χ3v) is 2.26. The van der Waals surface area contributed by atoms with E-state index in [1.54, 1.807) is 0 Å². The molecule has 0 aliphatic heterocycles. The van der Waals surface area contributed by atoms with Crippen molar-refractivity contribution in [2.24, 2.45) is 0 Å². The molecule has 2 aromatic rings. The summed E-state index contributed by atoms with van der Waals surface area (Å²) in [5.41, 5.74) is -0.369. The molecule has 0 saturated heterocycles.